The lowest BCUT2D eigenvalue weighted by Crippen LogP contribution is -2.75. The van der Waals surface area contributed by atoms with Crippen LogP contribution in [0.15, 0.2) is 47.4 Å². The number of carbonyl (C=O) groups excluding carboxylic acids is 3. The van der Waals surface area contributed by atoms with E-state index in [4.69, 9.17) is 0 Å². The molecule has 0 radical (unpaired) electrons. The highest BCUT2D eigenvalue weighted by molar-refractivity contribution is 7.89. The molecule has 0 saturated carbocycles. The number of hydrogen-bond acceptors (Lipinski definition) is 8. The van der Waals surface area contributed by atoms with Gasteiger partial charge in [-0.15, -0.1) is 0 Å². The van der Waals surface area contributed by atoms with Crippen molar-refractivity contribution in [2.24, 2.45) is 5.41 Å². The fraction of sp³-hybridized carbons (Fsp3) is 0.423. The van der Waals surface area contributed by atoms with Crippen LogP contribution in [0.1, 0.15) is 24.5 Å². The minimum Gasteiger partial charge on any atom is -0.364 e. The molecule has 2 aromatic carbocycles. The largest absolute Gasteiger partial charge is 0.364 e. The van der Waals surface area contributed by atoms with Crippen molar-refractivity contribution >= 4 is 39.2 Å². The van der Waals surface area contributed by atoms with Gasteiger partial charge >= 0.3 is 6.03 Å². The molecular formula is C26H29N5O7S. The zero-order valence-electron chi connectivity index (χ0n) is 21.9. The Morgan fingerprint density at radius 3 is 2.38 bits per heavy atom. The molecule has 3 aliphatic rings. The molecule has 4 amide bonds. The molecular weight excluding hydrogens is 526 g/mol. The molecule has 3 aliphatic heterocycles. The Bertz CT molecular complexity index is 1490. The Balaban J connectivity index is 1.66. The summed E-state index contributed by atoms with van der Waals surface area (Å²) in [7, 11) is -2.66. The fourth-order valence-corrected chi connectivity index (χ4v) is 7.35. The van der Waals surface area contributed by atoms with E-state index >= 15 is 0 Å². The predicted octanol–water partition coefficient (Wildman–Crippen LogP) is 2.16. The Labute approximate surface area is 226 Å². The number of barbiturate groups is 1. The zero-order chi connectivity index (χ0) is 28.3. The number of piperazine rings is 1. The maximum absolute atomic E-state index is 14.1. The highest BCUT2D eigenvalue weighted by atomic mass is 32.2. The highest BCUT2D eigenvalue weighted by Gasteiger charge is 2.64. The number of aryl methyl sites for hydroxylation is 1. The zero-order valence-corrected chi connectivity index (χ0v) is 22.7. The normalized spacial score (nSPS) is 23.7. The van der Waals surface area contributed by atoms with E-state index in [9.17, 15) is 32.9 Å². The van der Waals surface area contributed by atoms with Crippen molar-refractivity contribution < 1.29 is 27.7 Å². The van der Waals surface area contributed by atoms with Crippen molar-refractivity contribution in [2.75, 3.05) is 38.1 Å². The molecule has 0 bridgehead atoms. The molecule has 206 valence electrons. The number of rotatable bonds is 5. The second kappa shape index (κ2) is 9.42. The van der Waals surface area contributed by atoms with Crippen LogP contribution in [-0.2, 0) is 26.0 Å². The quantitative estimate of drug-likeness (QED) is 0.310. The van der Waals surface area contributed by atoms with Crippen molar-refractivity contribution in [3.8, 4) is 0 Å². The second-order valence-corrected chi connectivity index (χ2v) is 12.1. The molecule has 0 N–H and O–H groups in total. The number of amides is 4. The molecule has 2 saturated heterocycles. The third-order valence-corrected chi connectivity index (χ3v) is 9.78. The van der Waals surface area contributed by atoms with Gasteiger partial charge in [0.25, 0.3) is 5.69 Å². The number of anilines is 1. The topological polar surface area (TPSA) is 141 Å². The molecule has 2 fully saturated rings. The van der Waals surface area contributed by atoms with Crippen LogP contribution in [0.3, 0.4) is 0 Å². The van der Waals surface area contributed by atoms with E-state index in [-0.39, 0.29) is 43.2 Å². The molecule has 2 aromatic rings. The van der Waals surface area contributed by atoms with E-state index in [2.05, 4.69) is 0 Å². The molecule has 3 heterocycles. The molecule has 0 aliphatic carbocycles. The van der Waals surface area contributed by atoms with Crippen molar-refractivity contribution in [3.63, 3.8) is 0 Å². The number of carbonyl (C=O) groups is 3. The van der Waals surface area contributed by atoms with E-state index in [0.29, 0.717) is 17.7 Å². The van der Waals surface area contributed by atoms with Crippen molar-refractivity contribution in [2.45, 2.75) is 37.6 Å². The van der Waals surface area contributed by atoms with Crippen LogP contribution in [0.2, 0.25) is 0 Å². The number of urea groups is 1. The van der Waals surface area contributed by atoms with Gasteiger partial charge in [0.1, 0.15) is 0 Å². The van der Waals surface area contributed by atoms with Gasteiger partial charge in [0, 0.05) is 57.5 Å². The Morgan fingerprint density at radius 1 is 1.05 bits per heavy atom. The summed E-state index contributed by atoms with van der Waals surface area (Å²) in [5.74, 6) is -1.45. The van der Waals surface area contributed by atoms with Gasteiger partial charge in [-0.1, -0.05) is 24.6 Å². The minimum absolute atomic E-state index is 0.0784. The summed E-state index contributed by atoms with van der Waals surface area (Å²) in [4.78, 5) is 55.9. The summed E-state index contributed by atoms with van der Waals surface area (Å²) in [5, 5.41) is 11.5. The van der Waals surface area contributed by atoms with Crippen LogP contribution in [0.25, 0.3) is 0 Å². The van der Waals surface area contributed by atoms with Gasteiger partial charge in [-0.2, -0.15) is 4.31 Å². The summed E-state index contributed by atoms with van der Waals surface area (Å²) in [6.07, 6.45) is 0.263. The summed E-state index contributed by atoms with van der Waals surface area (Å²) in [6.45, 7) is 3.78. The van der Waals surface area contributed by atoms with Gasteiger partial charge in [0.2, 0.25) is 21.8 Å². The van der Waals surface area contributed by atoms with Crippen LogP contribution >= 0.6 is 0 Å². The molecule has 2 atom stereocenters. The number of imide groups is 2. The summed E-state index contributed by atoms with van der Waals surface area (Å²) in [5.41, 5.74) is -0.102. The van der Waals surface area contributed by atoms with Gasteiger partial charge in [-0.3, -0.25) is 29.5 Å². The predicted molar refractivity (Wildman–Crippen MR) is 140 cm³/mol. The minimum atomic E-state index is -3.96. The number of fused-ring (bicyclic) bond motifs is 4. The van der Waals surface area contributed by atoms with Gasteiger partial charge in [-0.05, 0) is 37.1 Å². The first-order valence-electron chi connectivity index (χ1n) is 12.7. The molecule has 2 unspecified atom stereocenters. The van der Waals surface area contributed by atoms with Crippen molar-refractivity contribution in [1.82, 2.24) is 14.1 Å². The monoisotopic (exact) mass is 555 g/mol. The molecule has 12 nitrogen and oxygen atoms in total. The first kappa shape index (κ1) is 26.8. The van der Waals surface area contributed by atoms with Crippen molar-refractivity contribution in [1.29, 1.82) is 0 Å². The maximum atomic E-state index is 14.1. The average Bonchev–Trinajstić information content (AvgIpc) is 2.92. The van der Waals surface area contributed by atoms with Gasteiger partial charge in [0.05, 0.1) is 15.9 Å². The van der Waals surface area contributed by atoms with Crippen LogP contribution in [0.5, 0.6) is 0 Å². The van der Waals surface area contributed by atoms with E-state index in [1.54, 1.807) is 30.0 Å². The van der Waals surface area contributed by atoms with Crippen LogP contribution in [0.4, 0.5) is 16.2 Å². The third kappa shape index (κ3) is 3.98. The third-order valence-electron chi connectivity index (χ3n) is 7.90. The van der Waals surface area contributed by atoms with Crippen LogP contribution in [-0.4, -0.2) is 84.6 Å². The summed E-state index contributed by atoms with van der Waals surface area (Å²) in [6, 6.07) is 9.05. The smallest absolute Gasteiger partial charge is 0.333 e. The molecule has 39 heavy (non-hydrogen) atoms. The first-order chi connectivity index (χ1) is 18.4. The number of nitrogens with zero attached hydrogens (tertiary/aromatic N) is 5. The lowest BCUT2D eigenvalue weighted by atomic mass is 9.67. The number of sulfonamides is 1. The number of benzene rings is 2. The molecule has 1 spiro atoms. The van der Waals surface area contributed by atoms with Crippen LogP contribution < -0.4 is 4.90 Å². The molecule has 13 heteroatoms. The standard InChI is InChI=1S/C26H29N5O7S/c1-4-11-30-24(33)26(23(32)27(3)25(30)34)15-18-14-19(31(35)36)7-10-21(18)29-13-12-28(16-22(26)29)39(37,38)20-8-5-17(2)6-9-20/h5-10,14,22H,4,11-13,15-16H2,1-3H3. The van der Waals surface area contributed by atoms with E-state index < -0.39 is 44.2 Å². The SMILES string of the molecule is CCCN1C(=O)N(C)C(=O)C2(Cc3cc([N+](=O)[O-])ccc3N3CCN(S(=O)(=O)c4ccc(C)cc4)CC32)C1=O. The lowest BCUT2D eigenvalue weighted by molar-refractivity contribution is -0.384. The Hall–Kier alpha value is -3.84. The first-order valence-corrected chi connectivity index (χ1v) is 14.1. The number of hydrogen-bond donors (Lipinski definition) is 0. The van der Waals surface area contributed by atoms with Crippen LogP contribution in [0, 0.1) is 22.5 Å². The summed E-state index contributed by atoms with van der Waals surface area (Å²) >= 11 is 0. The molecule has 0 aromatic heterocycles. The lowest BCUT2D eigenvalue weighted by Gasteiger charge is -2.56. The van der Waals surface area contributed by atoms with E-state index in [0.717, 1.165) is 15.4 Å². The van der Waals surface area contributed by atoms with E-state index in [1.807, 2.05) is 6.92 Å². The summed E-state index contributed by atoms with van der Waals surface area (Å²) < 4.78 is 28.6. The number of nitro benzene ring substituents is 1. The van der Waals surface area contributed by atoms with E-state index in [1.165, 1.54) is 35.6 Å². The van der Waals surface area contributed by atoms with Gasteiger partial charge < -0.3 is 4.90 Å². The highest BCUT2D eigenvalue weighted by Crippen LogP contribution is 2.48. The fourth-order valence-electron chi connectivity index (χ4n) is 5.91. The number of non-ortho nitro benzene ring substituents is 1. The van der Waals surface area contributed by atoms with Gasteiger partial charge in [0.15, 0.2) is 5.41 Å². The van der Waals surface area contributed by atoms with Crippen molar-refractivity contribution in [3.05, 3.63) is 63.7 Å². The Kier molecular flexibility index (Phi) is 6.46. The average molecular weight is 556 g/mol. The number of nitro groups is 1. The second-order valence-electron chi connectivity index (χ2n) is 10.2. The Morgan fingerprint density at radius 2 is 1.74 bits per heavy atom. The van der Waals surface area contributed by atoms with Gasteiger partial charge in [-0.25, -0.2) is 13.2 Å². The maximum Gasteiger partial charge on any atom is 0.333 e. The molecule has 5 rings (SSSR count).